The second-order valence-corrected chi connectivity index (χ2v) is 4.09. The number of nitrogens with one attached hydrogen (secondary N) is 1. The zero-order valence-corrected chi connectivity index (χ0v) is 9.67. The number of hydrogen-bond donors (Lipinski definition) is 1. The molecular formula is C13H18N2. The standard InChI is InChI=1S/C13H18N2/c1-10-8-12-5-4-11(6-7-14-2)9-13(12)15(10)3/h4-5,8-9,14H,6-7H2,1-3H3. The highest BCUT2D eigenvalue weighted by Crippen LogP contribution is 2.19. The molecule has 0 bridgehead atoms. The van der Waals surface area contributed by atoms with Gasteiger partial charge < -0.3 is 9.88 Å². The van der Waals surface area contributed by atoms with Crippen LogP contribution in [0.25, 0.3) is 10.9 Å². The lowest BCUT2D eigenvalue weighted by molar-refractivity contribution is 0.791. The molecule has 2 heteroatoms. The van der Waals surface area contributed by atoms with Crippen molar-refractivity contribution in [3.8, 4) is 0 Å². The van der Waals surface area contributed by atoms with Crippen molar-refractivity contribution in [2.24, 2.45) is 7.05 Å². The van der Waals surface area contributed by atoms with Crippen LogP contribution in [0.3, 0.4) is 0 Å². The molecule has 0 radical (unpaired) electrons. The Labute approximate surface area is 90.9 Å². The second-order valence-electron chi connectivity index (χ2n) is 4.09. The quantitative estimate of drug-likeness (QED) is 0.807. The third kappa shape index (κ3) is 1.90. The predicted octanol–water partition coefficient (Wildman–Crippen LogP) is 2.25. The third-order valence-corrected chi connectivity index (χ3v) is 3.01. The molecule has 1 heterocycles. The minimum Gasteiger partial charge on any atom is -0.348 e. The van der Waals surface area contributed by atoms with Gasteiger partial charge in [-0.25, -0.2) is 0 Å². The van der Waals surface area contributed by atoms with Gasteiger partial charge in [0.2, 0.25) is 0 Å². The smallest absolute Gasteiger partial charge is 0.0482 e. The van der Waals surface area contributed by atoms with Crippen LogP contribution in [-0.2, 0) is 13.5 Å². The van der Waals surface area contributed by atoms with Crippen LogP contribution in [0, 0.1) is 6.92 Å². The first kappa shape index (κ1) is 10.2. The summed E-state index contributed by atoms with van der Waals surface area (Å²) < 4.78 is 2.25. The van der Waals surface area contributed by atoms with Crippen LogP contribution in [0.5, 0.6) is 0 Å². The summed E-state index contributed by atoms with van der Waals surface area (Å²) in [5.41, 5.74) is 4.05. The van der Waals surface area contributed by atoms with Crippen molar-refractivity contribution >= 4 is 10.9 Å². The first-order valence-electron chi connectivity index (χ1n) is 5.42. The van der Waals surface area contributed by atoms with Crippen molar-refractivity contribution in [3.05, 3.63) is 35.5 Å². The molecular weight excluding hydrogens is 184 g/mol. The van der Waals surface area contributed by atoms with E-state index in [2.05, 4.69) is 48.1 Å². The molecule has 0 atom stereocenters. The van der Waals surface area contributed by atoms with Gasteiger partial charge in [0, 0.05) is 18.3 Å². The molecule has 0 aliphatic rings. The van der Waals surface area contributed by atoms with Crippen molar-refractivity contribution in [1.82, 2.24) is 9.88 Å². The molecule has 1 aromatic heterocycles. The Morgan fingerprint density at radius 2 is 2.07 bits per heavy atom. The Morgan fingerprint density at radius 3 is 2.80 bits per heavy atom. The van der Waals surface area contributed by atoms with Crippen molar-refractivity contribution in [3.63, 3.8) is 0 Å². The number of hydrogen-bond acceptors (Lipinski definition) is 1. The lowest BCUT2D eigenvalue weighted by Crippen LogP contribution is -2.10. The predicted molar refractivity (Wildman–Crippen MR) is 65.3 cm³/mol. The number of aryl methyl sites for hydroxylation is 2. The first-order chi connectivity index (χ1) is 7.22. The van der Waals surface area contributed by atoms with E-state index >= 15 is 0 Å². The van der Waals surface area contributed by atoms with Crippen LogP contribution in [0.2, 0.25) is 0 Å². The largest absolute Gasteiger partial charge is 0.348 e. The lowest BCUT2D eigenvalue weighted by atomic mass is 10.1. The van der Waals surface area contributed by atoms with Gasteiger partial charge in [0.05, 0.1) is 0 Å². The highest BCUT2D eigenvalue weighted by molar-refractivity contribution is 5.81. The Bertz CT molecular complexity index is 469. The van der Waals surface area contributed by atoms with E-state index in [9.17, 15) is 0 Å². The summed E-state index contributed by atoms with van der Waals surface area (Å²) in [5, 5.41) is 4.51. The maximum Gasteiger partial charge on any atom is 0.0482 e. The van der Waals surface area contributed by atoms with E-state index in [1.165, 1.54) is 22.2 Å². The van der Waals surface area contributed by atoms with E-state index in [1.54, 1.807) is 0 Å². The molecule has 0 saturated heterocycles. The number of likely N-dealkylation sites (N-methyl/N-ethyl adjacent to an activating group) is 1. The van der Waals surface area contributed by atoms with Crippen LogP contribution in [-0.4, -0.2) is 18.2 Å². The normalized spacial score (nSPS) is 11.1. The molecule has 2 aromatic rings. The zero-order chi connectivity index (χ0) is 10.8. The number of rotatable bonds is 3. The topological polar surface area (TPSA) is 17.0 Å². The molecule has 2 nitrogen and oxygen atoms in total. The first-order valence-corrected chi connectivity index (χ1v) is 5.42. The van der Waals surface area contributed by atoms with Gasteiger partial charge in [0.1, 0.15) is 0 Å². The SMILES string of the molecule is CNCCc1ccc2cc(C)n(C)c2c1. The molecule has 0 amide bonds. The highest BCUT2D eigenvalue weighted by Gasteiger charge is 2.02. The Kier molecular flexibility index (Phi) is 2.78. The molecule has 1 N–H and O–H groups in total. The van der Waals surface area contributed by atoms with E-state index in [0.29, 0.717) is 0 Å². The molecule has 0 unspecified atom stereocenters. The van der Waals surface area contributed by atoms with Crippen LogP contribution >= 0.6 is 0 Å². The van der Waals surface area contributed by atoms with Gasteiger partial charge in [-0.15, -0.1) is 0 Å². The van der Waals surface area contributed by atoms with Crippen molar-refractivity contribution in [2.45, 2.75) is 13.3 Å². The molecule has 80 valence electrons. The summed E-state index contributed by atoms with van der Waals surface area (Å²) >= 11 is 0. The van der Waals surface area contributed by atoms with E-state index < -0.39 is 0 Å². The number of aromatic nitrogens is 1. The minimum absolute atomic E-state index is 1.04. The van der Waals surface area contributed by atoms with Gasteiger partial charge in [-0.05, 0) is 50.0 Å². The van der Waals surface area contributed by atoms with Gasteiger partial charge in [0.25, 0.3) is 0 Å². The van der Waals surface area contributed by atoms with Gasteiger partial charge >= 0.3 is 0 Å². The molecule has 1 aromatic carbocycles. The number of fused-ring (bicyclic) bond motifs is 1. The Balaban J connectivity index is 2.41. The molecule has 0 saturated carbocycles. The number of nitrogens with zero attached hydrogens (tertiary/aromatic N) is 1. The van der Waals surface area contributed by atoms with E-state index in [0.717, 1.165) is 13.0 Å². The van der Waals surface area contributed by atoms with Crippen molar-refractivity contribution in [1.29, 1.82) is 0 Å². The second kappa shape index (κ2) is 4.07. The zero-order valence-electron chi connectivity index (χ0n) is 9.67. The van der Waals surface area contributed by atoms with Gasteiger partial charge in [0.15, 0.2) is 0 Å². The number of benzene rings is 1. The van der Waals surface area contributed by atoms with Crippen molar-refractivity contribution < 1.29 is 0 Å². The summed E-state index contributed by atoms with van der Waals surface area (Å²) in [7, 11) is 4.12. The fourth-order valence-electron chi connectivity index (χ4n) is 1.94. The minimum atomic E-state index is 1.04. The fourth-order valence-corrected chi connectivity index (χ4v) is 1.94. The van der Waals surface area contributed by atoms with Crippen LogP contribution in [0.1, 0.15) is 11.3 Å². The van der Waals surface area contributed by atoms with Gasteiger partial charge in [-0.1, -0.05) is 12.1 Å². The summed E-state index contributed by atoms with van der Waals surface area (Å²) in [4.78, 5) is 0. The molecule has 0 spiro atoms. The molecule has 0 aliphatic heterocycles. The van der Waals surface area contributed by atoms with Gasteiger partial charge in [-0.3, -0.25) is 0 Å². The average Bonchev–Trinajstić information content (AvgIpc) is 2.52. The van der Waals surface area contributed by atoms with Crippen LogP contribution in [0.4, 0.5) is 0 Å². The maximum atomic E-state index is 3.18. The van der Waals surface area contributed by atoms with Gasteiger partial charge in [-0.2, -0.15) is 0 Å². The molecule has 0 aliphatic carbocycles. The molecule has 0 fully saturated rings. The molecule has 2 rings (SSSR count). The van der Waals surface area contributed by atoms with E-state index in [4.69, 9.17) is 0 Å². The Hall–Kier alpha value is -1.28. The summed E-state index contributed by atoms with van der Waals surface area (Å²) in [5.74, 6) is 0. The third-order valence-electron chi connectivity index (χ3n) is 3.01. The fraction of sp³-hybridized carbons (Fsp3) is 0.385. The summed E-state index contributed by atoms with van der Waals surface area (Å²) in [6.07, 6.45) is 1.09. The lowest BCUT2D eigenvalue weighted by Gasteiger charge is -2.03. The summed E-state index contributed by atoms with van der Waals surface area (Å²) in [6, 6.07) is 8.96. The Morgan fingerprint density at radius 1 is 1.27 bits per heavy atom. The van der Waals surface area contributed by atoms with E-state index in [1.807, 2.05) is 7.05 Å². The average molecular weight is 202 g/mol. The monoisotopic (exact) mass is 202 g/mol. The maximum absolute atomic E-state index is 3.18. The van der Waals surface area contributed by atoms with Crippen molar-refractivity contribution in [2.75, 3.05) is 13.6 Å². The van der Waals surface area contributed by atoms with Crippen LogP contribution in [0.15, 0.2) is 24.3 Å². The van der Waals surface area contributed by atoms with Crippen LogP contribution < -0.4 is 5.32 Å². The highest BCUT2D eigenvalue weighted by atomic mass is 14.9. The van der Waals surface area contributed by atoms with E-state index in [-0.39, 0.29) is 0 Å². The molecule has 15 heavy (non-hydrogen) atoms. The summed E-state index contributed by atoms with van der Waals surface area (Å²) in [6.45, 7) is 3.18.